The first-order chi connectivity index (χ1) is 12.2. The molecular weight excluding hydrogens is 372 g/mol. The van der Waals surface area contributed by atoms with E-state index in [4.69, 9.17) is 4.98 Å². The lowest BCUT2D eigenvalue weighted by atomic mass is 10.1. The van der Waals surface area contributed by atoms with Crippen LogP contribution in [0.2, 0.25) is 0 Å². The smallest absolute Gasteiger partial charge is 0.271 e. The number of fused-ring (bicyclic) bond motifs is 1. The van der Waals surface area contributed by atoms with Gasteiger partial charge < -0.3 is 10.2 Å². The summed E-state index contributed by atoms with van der Waals surface area (Å²) < 4.78 is 2.13. The fourth-order valence-electron chi connectivity index (χ4n) is 2.98. The van der Waals surface area contributed by atoms with Gasteiger partial charge in [0.25, 0.3) is 5.91 Å². The van der Waals surface area contributed by atoms with Gasteiger partial charge in [-0.25, -0.2) is 9.97 Å². The minimum Gasteiger partial charge on any atom is -0.346 e. The molecule has 130 valence electrons. The van der Waals surface area contributed by atoms with Crippen molar-refractivity contribution in [1.29, 1.82) is 0 Å². The first-order valence-electron chi connectivity index (χ1n) is 8.14. The monoisotopic (exact) mass is 390 g/mol. The lowest BCUT2D eigenvalue weighted by molar-refractivity contribution is 0.0928. The normalized spacial score (nSPS) is 17.8. The maximum atomic E-state index is 12.4. The van der Waals surface area contributed by atoms with E-state index in [1.807, 2.05) is 29.8 Å². The number of hydrogen-bond donors (Lipinski definition) is 1. The number of para-hydroxylation sites is 1. The van der Waals surface area contributed by atoms with Crippen molar-refractivity contribution in [2.45, 2.75) is 23.2 Å². The average Bonchev–Trinajstić information content (AvgIpc) is 3.28. The summed E-state index contributed by atoms with van der Waals surface area (Å²) >= 11 is 4.79. The van der Waals surface area contributed by atoms with Crippen molar-refractivity contribution >= 4 is 55.7 Å². The zero-order valence-electron chi connectivity index (χ0n) is 13.8. The Bertz CT molecular complexity index is 858. The highest BCUT2D eigenvalue weighted by molar-refractivity contribution is 8.00. The molecule has 0 saturated carbocycles. The van der Waals surface area contributed by atoms with E-state index in [9.17, 15) is 4.79 Å². The van der Waals surface area contributed by atoms with Crippen LogP contribution in [-0.2, 0) is 0 Å². The molecule has 1 unspecified atom stereocenters. The van der Waals surface area contributed by atoms with Crippen molar-refractivity contribution in [2.75, 3.05) is 24.2 Å². The zero-order chi connectivity index (χ0) is 17.2. The topological polar surface area (TPSA) is 58.1 Å². The van der Waals surface area contributed by atoms with Crippen LogP contribution in [0.4, 0.5) is 5.13 Å². The molecule has 3 heterocycles. The number of benzene rings is 1. The number of amides is 1. The number of piperidine rings is 1. The molecule has 1 aliphatic rings. The summed E-state index contributed by atoms with van der Waals surface area (Å²) in [5.74, 6) is -0.0762. The molecule has 5 nitrogen and oxygen atoms in total. The second-order valence-electron chi connectivity index (χ2n) is 5.93. The summed E-state index contributed by atoms with van der Waals surface area (Å²) in [5, 5.41) is 6.01. The number of rotatable bonds is 4. The number of carbonyl (C=O) groups excluding carboxylic acids is 1. The summed E-state index contributed by atoms with van der Waals surface area (Å²) in [6, 6.07) is 8.34. The Kier molecular flexibility index (Phi) is 4.91. The van der Waals surface area contributed by atoms with Crippen LogP contribution < -0.4 is 10.2 Å². The lowest BCUT2D eigenvalue weighted by Crippen LogP contribution is -2.47. The summed E-state index contributed by atoms with van der Waals surface area (Å²) in [7, 11) is 0. The molecule has 0 radical (unpaired) electrons. The standard InChI is InChI=1S/C17H18N4OS3/c1-23-17-20-13(10-24-17)15(22)18-11-5-4-8-21(9-11)16-19-12-6-2-3-7-14(12)25-16/h2-3,6-7,10-11H,4-5,8-9H2,1H3,(H,18,22). The van der Waals surface area contributed by atoms with Crippen molar-refractivity contribution in [3.63, 3.8) is 0 Å². The van der Waals surface area contributed by atoms with E-state index < -0.39 is 0 Å². The fraction of sp³-hybridized carbons (Fsp3) is 0.353. The molecule has 1 aromatic carbocycles. The molecule has 1 fully saturated rings. The molecule has 1 N–H and O–H groups in total. The van der Waals surface area contributed by atoms with E-state index in [1.54, 1.807) is 23.1 Å². The van der Waals surface area contributed by atoms with Crippen molar-refractivity contribution in [3.05, 3.63) is 35.3 Å². The van der Waals surface area contributed by atoms with E-state index in [0.717, 1.165) is 40.9 Å². The molecule has 1 aliphatic heterocycles. The first-order valence-corrected chi connectivity index (χ1v) is 11.1. The van der Waals surface area contributed by atoms with Gasteiger partial charge in [-0.1, -0.05) is 35.2 Å². The van der Waals surface area contributed by atoms with E-state index >= 15 is 0 Å². The minimum absolute atomic E-state index is 0.0762. The SMILES string of the molecule is CSc1nc(C(=O)NC2CCCN(c3nc4ccccc4s3)C2)cs1. The molecule has 0 bridgehead atoms. The highest BCUT2D eigenvalue weighted by atomic mass is 32.2. The van der Waals surface area contributed by atoms with Gasteiger partial charge in [0, 0.05) is 24.5 Å². The van der Waals surface area contributed by atoms with Crippen LogP contribution >= 0.6 is 34.4 Å². The van der Waals surface area contributed by atoms with Crippen LogP contribution in [0, 0.1) is 0 Å². The molecule has 8 heteroatoms. The van der Waals surface area contributed by atoms with Gasteiger partial charge in [0.2, 0.25) is 0 Å². The number of hydrogen-bond acceptors (Lipinski definition) is 7. The summed E-state index contributed by atoms with van der Waals surface area (Å²) in [6.07, 6.45) is 4.01. The fourth-order valence-corrected chi connectivity index (χ4v) is 5.22. The lowest BCUT2D eigenvalue weighted by Gasteiger charge is -2.32. The molecule has 1 saturated heterocycles. The summed E-state index contributed by atoms with van der Waals surface area (Å²) in [5.41, 5.74) is 1.56. The van der Waals surface area contributed by atoms with Crippen LogP contribution in [0.1, 0.15) is 23.3 Å². The van der Waals surface area contributed by atoms with Gasteiger partial charge in [0.05, 0.1) is 10.2 Å². The van der Waals surface area contributed by atoms with Crippen molar-refractivity contribution in [1.82, 2.24) is 15.3 Å². The minimum atomic E-state index is -0.0762. The number of aromatic nitrogens is 2. The predicted octanol–water partition coefficient (Wildman–Crippen LogP) is 3.87. The molecule has 3 aromatic rings. The predicted molar refractivity (Wildman–Crippen MR) is 106 cm³/mol. The van der Waals surface area contributed by atoms with Gasteiger partial charge in [-0.3, -0.25) is 4.79 Å². The molecule has 25 heavy (non-hydrogen) atoms. The van der Waals surface area contributed by atoms with Crippen LogP contribution in [0.25, 0.3) is 10.2 Å². The van der Waals surface area contributed by atoms with Crippen LogP contribution in [0.15, 0.2) is 34.0 Å². The van der Waals surface area contributed by atoms with E-state index in [0.29, 0.717) is 5.69 Å². The van der Waals surface area contributed by atoms with Crippen molar-refractivity contribution < 1.29 is 4.79 Å². The van der Waals surface area contributed by atoms with Gasteiger partial charge in [0.1, 0.15) is 10.0 Å². The molecule has 1 atom stereocenters. The second-order valence-corrected chi connectivity index (χ2v) is 8.85. The van der Waals surface area contributed by atoms with E-state index in [1.165, 1.54) is 16.0 Å². The third-order valence-corrected chi connectivity index (χ3v) is 7.16. The molecule has 4 rings (SSSR count). The number of nitrogens with zero attached hydrogens (tertiary/aromatic N) is 3. The van der Waals surface area contributed by atoms with Crippen LogP contribution in [0.5, 0.6) is 0 Å². The Morgan fingerprint density at radius 2 is 2.24 bits per heavy atom. The van der Waals surface area contributed by atoms with E-state index in [-0.39, 0.29) is 11.9 Å². The quantitative estimate of drug-likeness (QED) is 0.685. The number of carbonyl (C=O) groups is 1. The van der Waals surface area contributed by atoms with E-state index in [2.05, 4.69) is 21.3 Å². The first kappa shape index (κ1) is 16.8. The second kappa shape index (κ2) is 7.31. The number of thioether (sulfide) groups is 1. The number of nitrogens with one attached hydrogen (secondary N) is 1. The summed E-state index contributed by atoms with van der Waals surface area (Å²) in [6.45, 7) is 1.78. The van der Waals surface area contributed by atoms with Crippen molar-refractivity contribution in [3.8, 4) is 0 Å². The Morgan fingerprint density at radius 3 is 3.04 bits per heavy atom. The average molecular weight is 391 g/mol. The van der Waals surface area contributed by atoms with Crippen LogP contribution in [-0.4, -0.2) is 41.3 Å². The van der Waals surface area contributed by atoms with Crippen molar-refractivity contribution in [2.24, 2.45) is 0 Å². The molecule has 1 amide bonds. The third-order valence-electron chi connectivity index (χ3n) is 4.20. The molecule has 2 aromatic heterocycles. The largest absolute Gasteiger partial charge is 0.346 e. The highest BCUT2D eigenvalue weighted by Gasteiger charge is 2.24. The Hall–Kier alpha value is -1.64. The van der Waals surface area contributed by atoms with Gasteiger partial charge in [0.15, 0.2) is 5.13 Å². The summed E-state index contributed by atoms with van der Waals surface area (Å²) in [4.78, 5) is 23.8. The van der Waals surface area contributed by atoms with Crippen LogP contribution in [0.3, 0.4) is 0 Å². The Balaban J connectivity index is 1.44. The Labute approximate surface area is 158 Å². The van der Waals surface area contributed by atoms with Gasteiger partial charge in [-0.2, -0.15) is 0 Å². The zero-order valence-corrected chi connectivity index (χ0v) is 16.2. The molecule has 0 aliphatic carbocycles. The maximum absolute atomic E-state index is 12.4. The molecular formula is C17H18N4OS3. The number of thiazole rings is 2. The van der Waals surface area contributed by atoms with Gasteiger partial charge >= 0.3 is 0 Å². The highest BCUT2D eigenvalue weighted by Crippen LogP contribution is 2.30. The Morgan fingerprint density at radius 1 is 1.36 bits per heavy atom. The van der Waals surface area contributed by atoms with Gasteiger partial charge in [-0.15, -0.1) is 11.3 Å². The van der Waals surface area contributed by atoms with Gasteiger partial charge in [-0.05, 0) is 31.2 Å². The number of anilines is 1. The third kappa shape index (κ3) is 3.65. The molecule has 0 spiro atoms. The maximum Gasteiger partial charge on any atom is 0.271 e.